The molecule has 15 heavy (non-hydrogen) atoms. The van der Waals surface area contributed by atoms with Gasteiger partial charge in [-0.2, -0.15) is 0 Å². The quantitative estimate of drug-likeness (QED) is 0.622. The first kappa shape index (κ1) is 12.0. The first-order valence-electron chi connectivity index (χ1n) is 5.86. The summed E-state index contributed by atoms with van der Waals surface area (Å²) in [4.78, 5) is 4.57. The number of hydrogen-bond donors (Lipinski definition) is 0. The highest BCUT2D eigenvalue weighted by atomic mass is 14.7. The maximum Gasteiger partial charge on any atom is 0.0428 e. The van der Waals surface area contributed by atoms with Crippen LogP contribution in [-0.4, -0.2) is 12.3 Å². The fraction of sp³-hybridized carbons (Fsp3) is 0.500. The van der Waals surface area contributed by atoms with Crippen molar-refractivity contribution in [2.75, 3.05) is 6.54 Å². The Morgan fingerprint density at radius 1 is 1.20 bits per heavy atom. The third-order valence-corrected chi connectivity index (χ3v) is 2.52. The Labute approximate surface area is 93.2 Å². The number of hydrogen-bond acceptors (Lipinski definition) is 1. The fourth-order valence-corrected chi connectivity index (χ4v) is 1.53. The van der Waals surface area contributed by atoms with Crippen molar-refractivity contribution in [2.24, 2.45) is 4.99 Å². The topological polar surface area (TPSA) is 12.4 Å². The predicted molar refractivity (Wildman–Crippen MR) is 67.6 cm³/mol. The largest absolute Gasteiger partial charge is 0.294 e. The smallest absolute Gasteiger partial charge is 0.0428 e. The summed E-state index contributed by atoms with van der Waals surface area (Å²) in [5, 5.41) is 0. The number of aliphatic imine (C=N–C) groups is 1. The molecule has 0 saturated heterocycles. The standard InChI is InChI=1S/C14H21N/c1-3-4-8-13(2)15-12-11-14-9-6-5-7-10-14/h5-7,9-10H,3-4,8,11-12H2,1-2H3. The van der Waals surface area contributed by atoms with Crippen molar-refractivity contribution in [1.29, 1.82) is 0 Å². The molecular weight excluding hydrogens is 182 g/mol. The van der Waals surface area contributed by atoms with Gasteiger partial charge in [-0.1, -0.05) is 43.7 Å². The maximum absolute atomic E-state index is 4.57. The first-order valence-corrected chi connectivity index (χ1v) is 5.86. The molecule has 0 aromatic heterocycles. The van der Waals surface area contributed by atoms with Crippen molar-refractivity contribution < 1.29 is 0 Å². The second-order valence-corrected chi connectivity index (χ2v) is 3.96. The van der Waals surface area contributed by atoms with Gasteiger partial charge in [0.05, 0.1) is 0 Å². The molecule has 0 aliphatic rings. The van der Waals surface area contributed by atoms with E-state index in [0.717, 1.165) is 19.4 Å². The fourth-order valence-electron chi connectivity index (χ4n) is 1.53. The minimum Gasteiger partial charge on any atom is -0.294 e. The van der Waals surface area contributed by atoms with Crippen LogP contribution in [0.15, 0.2) is 35.3 Å². The minimum atomic E-state index is 0.930. The second kappa shape index (κ2) is 7.22. The molecule has 0 amide bonds. The van der Waals surface area contributed by atoms with E-state index in [1.54, 1.807) is 0 Å². The molecule has 0 bridgehead atoms. The van der Waals surface area contributed by atoms with Crippen molar-refractivity contribution in [3.63, 3.8) is 0 Å². The molecule has 0 aliphatic carbocycles. The van der Waals surface area contributed by atoms with Crippen LogP contribution in [0, 0.1) is 0 Å². The molecule has 1 nitrogen and oxygen atoms in total. The molecule has 0 atom stereocenters. The van der Waals surface area contributed by atoms with Gasteiger partial charge >= 0.3 is 0 Å². The lowest BCUT2D eigenvalue weighted by atomic mass is 10.1. The first-order chi connectivity index (χ1) is 7.33. The molecule has 0 saturated carbocycles. The lowest BCUT2D eigenvalue weighted by Crippen LogP contribution is -1.96. The van der Waals surface area contributed by atoms with Crippen LogP contribution >= 0.6 is 0 Å². The zero-order chi connectivity index (χ0) is 10.9. The van der Waals surface area contributed by atoms with Crippen LogP contribution in [0.3, 0.4) is 0 Å². The van der Waals surface area contributed by atoms with Gasteiger partial charge in [-0.15, -0.1) is 0 Å². The lowest BCUT2D eigenvalue weighted by molar-refractivity contribution is 0.826. The van der Waals surface area contributed by atoms with E-state index >= 15 is 0 Å². The third kappa shape index (κ3) is 5.36. The Kier molecular flexibility index (Phi) is 5.76. The molecule has 0 fully saturated rings. The van der Waals surface area contributed by atoms with Crippen LogP contribution in [-0.2, 0) is 6.42 Å². The second-order valence-electron chi connectivity index (χ2n) is 3.96. The van der Waals surface area contributed by atoms with Gasteiger partial charge in [0.2, 0.25) is 0 Å². The SMILES string of the molecule is CCCCC(C)=NCCc1ccccc1. The van der Waals surface area contributed by atoms with E-state index in [2.05, 4.69) is 49.2 Å². The molecule has 82 valence electrons. The number of benzene rings is 1. The zero-order valence-corrected chi connectivity index (χ0v) is 9.87. The van der Waals surface area contributed by atoms with Gasteiger partial charge in [0, 0.05) is 12.3 Å². The summed E-state index contributed by atoms with van der Waals surface area (Å²) in [6.07, 6.45) is 4.74. The van der Waals surface area contributed by atoms with Gasteiger partial charge in [0.25, 0.3) is 0 Å². The van der Waals surface area contributed by atoms with Gasteiger partial charge in [-0.25, -0.2) is 0 Å². The van der Waals surface area contributed by atoms with Crippen LogP contribution in [0.4, 0.5) is 0 Å². The number of rotatable bonds is 6. The molecule has 1 rings (SSSR count). The van der Waals surface area contributed by atoms with E-state index in [4.69, 9.17) is 0 Å². The molecule has 0 unspecified atom stereocenters. The molecule has 0 radical (unpaired) electrons. The van der Waals surface area contributed by atoms with Crippen LogP contribution in [0.25, 0.3) is 0 Å². The van der Waals surface area contributed by atoms with E-state index in [1.807, 2.05) is 0 Å². The number of nitrogens with zero attached hydrogens (tertiary/aromatic N) is 1. The highest BCUT2D eigenvalue weighted by molar-refractivity contribution is 5.81. The van der Waals surface area contributed by atoms with E-state index in [0.29, 0.717) is 0 Å². The monoisotopic (exact) mass is 203 g/mol. The van der Waals surface area contributed by atoms with Crippen LogP contribution in [0.1, 0.15) is 38.7 Å². The van der Waals surface area contributed by atoms with Crippen LogP contribution in [0.5, 0.6) is 0 Å². The lowest BCUT2D eigenvalue weighted by Gasteiger charge is -2.00. The molecule has 1 aromatic rings. The van der Waals surface area contributed by atoms with E-state index < -0.39 is 0 Å². The Morgan fingerprint density at radius 3 is 2.60 bits per heavy atom. The summed E-state index contributed by atoms with van der Waals surface area (Å²) in [5.41, 5.74) is 2.68. The summed E-state index contributed by atoms with van der Waals surface area (Å²) in [6.45, 7) is 5.29. The van der Waals surface area contributed by atoms with Crippen molar-refractivity contribution in [3.8, 4) is 0 Å². The van der Waals surface area contributed by atoms with Crippen LogP contribution in [0.2, 0.25) is 0 Å². The molecule has 1 heteroatoms. The van der Waals surface area contributed by atoms with E-state index in [1.165, 1.54) is 24.1 Å². The van der Waals surface area contributed by atoms with Crippen molar-refractivity contribution in [3.05, 3.63) is 35.9 Å². The summed E-state index contributed by atoms with van der Waals surface area (Å²) in [5.74, 6) is 0. The highest BCUT2D eigenvalue weighted by Gasteiger charge is 1.92. The Bertz CT molecular complexity index is 287. The number of unbranched alkanes of at least 4 members (excludes halogenated alkanes) is 1. The van der Waals surface area contributed by atoms with E-state index in [-0.39, 0.29) is 0 Å². The molecule has 0 heterocycles. The average Bonchev–Trinajstić information content (AvgIpc) is 2.28. The Balaban J connectivity index is 2.26. The molecule has 0 N–H and O–H groups in total. The third-order valence-electron chi connectivity index (χ3n) is 2.52. The summed E-state index contributed by atoms with van der Waals surface area (Å²) < 4.78 is 0. The van der Waals surface area contributed by atoms with Crippen LogP contribution < -0.4 is 0 Å². The Morgan fingerprint density at radius 2 is 1.93 bits per heavy atom. The molecule has 0 aliphatic heterocycles. The predicted octanol–water partition coefficient (Wildman–Crippen LogP) is 3.88. The van der Waals surface area contributed by atoms with Crippen molar-refractivity contribution in [1.82, 2.24) is 0 Å². The van der Waals surface area contributed by atoms with Crippen molar-refractivity contribution >= 4 is 5.71 Å². The summed E-state index contributed by atoms with van der Waals surface area (Å²) >= 11 is 0. The average molecular weight is 203 g/mol. The van der Waals surface area contributed by atoms with Crippen molar-refractivity contribution in [2.45, 2.75) is 39.5 Å². The molecular formula is C14H21N. The van der Waals surface area contributed by atoms with Gasteiger partial charge in [0.1, 0.15) is 0 Å². The highest BCUT2D eigenvalue weighted by Crippen LogP contribution is 2.01. The van der Waals surface area contributed by atoms with Gasteiger partial charge in [-0.3, -0.25) is 4.99 Å². The van der Waals surface area contributed by atoms with Gasteiger partial charge < -0.3 is 0 Å². The normalized spacial score (nSPS) is 11.7. The summed E-state index contributed by atoms with van der Waals surface area (Å²) in [6, 6.07) is 10.6. The molecule has 1 aromatic carbocycles. The Hall–Kier alpha value is -1.11. The van der Waals surface area contributed by atoms with Gasteiger partial charge in [0.15, 0.2) is 0 Å². The molecule has 0 spiro atoms. The maximum atomic E-state index is 4.57. The summed E-state index contributed by atoms with van der Waals surface area (Å²) in [7, 11) is 0. The van der Waals surface area contributed by atoms with E-state index in [9.17, 15) is 0 Å². The zero-order valence-electron chi connectivity index (χ0n) is 9.87. The van der Waals surface area contributed by atoms with Gasteiger partial charge in [-0.05, 0) is 31.7 Å². The minimum absolute atomic E-state index is 0.930.